The molecular weight excluding hydrogens is 302 g/mol. The van der Waals surface area contributed by atoms with E-state index in [1.807, 2.05) is 24.3 Å². The number of nitriles is 1. The summed E-state index contributed by atoms with van der Waals surface area (Å²) in [6.07, 6.45) is 3.25. The normalized spacial score (nSPS) is 10.7. The molecule has 1 amide bonds. The predicted octanol–water partition coefficient (Wildman–Crippen LogP) is 2.96. The first-order valence-corrected chi connectivity index (χ1v) is 7.67. The van der Waals surface area contributed by atoms with Gasteiger partial charge < -0.3 is 15.7 Å². The molecule has 0 fully saturated rings. The van der Waals surface area contributed by atoms with Gasteiger partial charge >= 0.3 is 0 Å². The lowest BCUT2D eigenvalue weighted by molar-refractivity contribution is -0.112. The van der Waals surface area contributed by atoms with E-state index in [4.69, 9.17) is 5.26 Å². The van der Waals surface area contributed by atoms with Gasteiger partial charge in [-0.25, -0.2) is 0 Å². The van der Waals surface area contributed by atoms with Crippen LogP contribution >= 0.6 is 0 Å². The number of carbonyl (C=O) groups excluding carboxylic acids is 1. The summed E-state index contributed by atoms with van der Waals surface area (Å²) < 4.78 is 0. The number of aryl methyl sites for hydroxylation is 1. The molecule has 24 heavy (non-hydrogen) atoms. The van der Waals surface area contributed by atoms with E-state index < -0.39 is 5.91 Å². The van der Waals surface area contributed by atoms with Crippen molar-refractivity contribution in [1.29, 1.82) is 5.26 Å². The highest BCUT2D eigenvalue weighted by atomic mass is 16.3. The van der Waals surface area contributed by atoms with Gasteiger partial charge in [0.2, 0.25) is 0 Å². The minimum Gasteiger partial charge on any atom is -0.508 e. The third-order valence-corrected chi connectivity index (χ3v) is 3.34. The first kappa shape index (κ1) is 17.1. The molecule has 0 heterocycles. The number of nitrogens with zero attached hydrogens (tertiary/aromatic N) is 1. The smallest absolute Gasteiger partial charge is 0.267 e. The summed E-state index contributed by atoms with van der Waals surface area (Å²) in [6, 6.07) is 18.2. The van der Waals surface area contributed by atoms with Crippen LogP contribution in [-0.2, 0) is 11.2 Å². The number of phenols is 1. The van der Waals surface area contributed by atoms with Crippen LogP contribution in [0.3, 0.4) is 0 Å². The van der Waals surface area contributed by atoms with Crippen LogP contribution in [0, 0.1) is 11.3 Å². The molecule has 0 unspecified atom stereocenters. The van der Waals surface area contributed by atoms with E-state index in [0.29, 0.717) is 12.2 Å². The number of amides is 1. The molecule has 5 heteroatoms. The van der Waals surface area contributed by atoms with Gasteiger partial charge in [0, 0.05) is 24.5 Å². The van der Waals surface area contributed by atoms with Crippen LogP contribution in [0.25, 0.3) is 0 Å². The molecule has 0 saturated heterocycles. The lowest BCUT2D eigenvalue weighted by Crippen LogP contribution is -2.17. The third-order valence-electron chi connectivity index (χ3n) is 3.34. The van der Waals surface area contributed by atoms with Gasteiger partial charge in [-0.05, 0) is 30.5 Å². The molecule has 0 bridgehead atoms. The van der Waals surface area contributed by atoms with Crippen molar-refractivity contribution < 1.29 is 9.90 Å². The number of nitrogens with one attached hydrogen (secondary N) is 2. The number of anilines is 1. The number of aromatic hydroxyl groups is 1. The zero-order valence-corrected chi connectivity index (χ0v) is 13.2. The SMILES string of the molecule is N#C/C(=C/NCCCc1ccccc1)C(=O)Nc1cccc(O)c1. The summed E-state index contributed by atoms with van der Waals surface area (Å²) in [5, 5.41) is 24.0. The Hall–Kier alpha value is -3.26. The van der Waals surface area contributed by atoms with Crippen molar-refractivity contribution in [1.82, 2.24) is 5.32 Å². The maximum absolute atomic E-state index is 12.0. The van der Waals surface area contributed by atoms with Crippen molar-refractivity contribution in [3.8, 4) is 11.8 Å². The summed E-state index contributed by atoms with van der Waals surface area (Å²) in [7, 11) is 0. The number of rotatable bonds is 7. The summed E-state index contributed by atoms with van der Waals surface area (Å²) in [5.41, 5.74) is 1.67. The number of hydrogen-bond donors (Lipinski definition) is 3. The monoisotopic (exact) mass is 321 g/mol. The number of carbonyl (C=O) groups is 1. The van der Waals surface area contributed by atoms with E-state index in [1.54, 1.807) is 12.1 Å². The minimum atomic E-state index is -0.515. The Kier molecular flexibility index (Phi) is 6.42. The topological polar surface area (TPSA) is 85.2 Å². The fourth-order valence-corrected chi connectivity index (χ4v) is 2.14. The van der Waals surface area contributed by atoms with Gasteiger partial charge in [-0.15, -0.1) is 0 Å². The fraction of sp³-hybridized carbons (Fsp3) is 0.158. The van der Waals surface area contributed by atoms with Crippen LogP contribution in [0.2, 0.25) is 0 Å². The Morgan fingerprint density at radius 3 is 2.67 bits per heavy atom. The maximum atomic E-state index is 12.0. The summed E-state index contributed by atoms with van der Waals surface area (Å²) in [6.45, 7) is 0.666. The summed E-state index contributed by atoms with van der Waals surface area (Å²) in [5.74, 6) is -0.465. The second-order valence-electron chi connectivity index (χ2n) is 5.22. The average Bonchev–Trinajstić information content (AvgIpc) is 2.59. The molecule has 0 aliphatic carbocycles. The Morgan fingerprint density at radius 1 is 1.17 bits per heavy atom. The first-order valence-electron chi connectivity index (χ1n) is 7.67. The molecule has 0 aromatic heterocycles. The zero-order chi connectivity index (χ0) is 17.2. The van der Waals surface area contributed by atoms with Crippen molar-refractivity contribution >= 4 is 11.6 Å². The standard InChI is InChI=1S/C19H19N3O2/c20-13-16(19(24)22-17-9-4-10-18(23)12-17)14-21-11-5-8-15-6-2-1-3-7-15/h1-4,6-7,9-10,12,14,21,23H,5,8,11H2,(H,22,24)/b16-14-. The van der Waals surface area contributed by atoms with Gasteiger partial charge in [0.25, 0.3) is 5.91 Å². The van der Waals surface area contributed by atoms with E-state index in [-0.39, 0.29) is 11.3 Å². The molecule has 0 atom stereocenters. The largest absolute Gasteiger partial charge is 0.508 e. The van der Waals surface area contributed by atoms with Crippen LogP contribution in [-0.4, -0.2) is 17.6 Å². The molecule has 3 N–H and O–H groups in total. The van der Waals surface area contributed by atoms with Gasteiger partial charge in [-0.2, -0.15) is 5.26 Å². The van der Waals surface area contributed by atoms with E-state index in [1.165, 1.54) is 23.9 Å². The van der Waals surface area contributed by atoms with E-state index >= 15 is 0 Å². The number of phenolic OH excluding ortho intramolecular Hbond substituents is 1. The molecule has 0 spiro atoms. The van der Waals surface area contributed by atoms with Crippen LogP contribution in [0.5, 0.6) is 5.75 Å². The molecule has 2 aromatic carbocycles. The Balaban J connectivity index is 1.80. The van der Waals surface area contributed by atoms with Crippen molar-refractivity contribution in [2.45, 2.75) is 12.8 Å². The maximum Gasteiger partial charge on any atom is 0.267 e. The number of hydrogen-bond acceptors (Lipinski definition) is 4. The fourth-order valence-electron chi connectivity index (χ4n) is 2.14. The molecule has 0 aliphatic heterocycles. The third kappa shape index (κ3) is 5.50. The summed E-state index contributed by atoms with van der Waals surface area (Å²) in [4.78, 5) is 12.0. The molecule has 0 radical (unpaired) electrons. The lowest BCUT2D eigenvalue weighted by atomic mass is 10.1. The van der Waals surface area contributed by atoms with Gasteiger partial charge in [-0.1, -0.05) is 36.4 Å². The Morgan fingerprint density at radius 2 is 1.96 bits per heavy atom. The molecule has 2 aromatic rings. The Bertz CT molecular complexity index is 749. The van der Waals surface area contributed by atoms with Crippen molar-refractivity contribution in [2.75, 3.05) is 11.9 Å². The highest BCUT2D eigenvalue weighted by Crippen LogP contribution is 2.15. The average molecular weight is 321 g/mol. The Labute approximate surface area is 141 Å². The number of benzene rings is 2. The highest BCUT2D eigenvalue weighted by Gasteiger charge is 2.09. The van der Waals surface area contributed by atoms with Gasteiger partial charge in [-0.3, -0.25) is 4.79 Å². The van der Waals surface area contributed by atoms with Crippen LogP contribution in [0.1, 0.15) is 12.0 Å². The lowest BCUT2D eigenvalue weighted by Gasteiger charge is -2.06. The van der Waals surface area contributed by atoms with E-state index in [9.17, 15) is 9.90 Å². The second kappa shape index (κ2) is 9.01. The van der Waals surface area contributed by atoms with Crippen LogP contribution in [0.15, 0.2) is 66.4 Å². The second-order valence-corrected chi connectivity index (χ2v) is 5.22. The molecule has 0 saturated carbocycles. The highest BCUT2D eigenvalue weighted by molar-refractivity contribution is 6.06. The van der Waals surface area contributed by atoms with E-state index in [0.717, 1.165) is 12.8 Å². The van der Waals surface area contributed by atoms with Crippen molar-refractivity contribution in [3.63, 3.8) is 0 Å². The van der Waals surface area contributed by atoms with Crippen molar-refractivity contribution in [3.05, 3.63) is 71.9 Å². The summed E-state index contributed by atoms with van der Waals surface area (Å²) >= 11 is 0. The van der Waals surface area contributed by atoms with Gasteiger partial charge in [0.1, 0.15) is 17.4 Å². The molecule has 2 rings (SSSR count). The van der Waals surface area contributed by atoms with Crippen LogP contribution < -0.4 is 10.6 Å². The quantitative estimate of drug-likeness (QED) is 0.416. The van der Waals surface area contributed by atoms with Gasteiger partial charge in [0.05, 0.1) is 0 Å². The molecular formula is C19H19N3O2. The van der Waals surface area contributed by atoms with Crippen molar-refractivity contribution in [2.24, 2.45) is 0 Å². The van der Waals surface area contributed by atoms with Crippen LogP contribution in [0.4, 0.5) is 5.69 Å². The molecule has 0 aliphatic rings. The first-order chi connectivity index (χ1) is 11.7. The molecule has 5 nitrogen and oxygen atoms in total. The zero-order valence-electron chi connectivity index (χ0n) is 13.2. The molecule has 122 valence electrons. The van der Waals surface area contributed by atoms with Gasteiger partial charge in [0.15, 0.2) is 0 Å². The van der Waals surface area contributed by atoms with E-state index in [2.05, 4.69) is 22.8 Å². The predicted molar refractivity (Wildman–Crippen MR) is 93.2 cm³/mol. The minimum absolute atomic E-state index is 0.0157.